The van der Waals surface area contributed by atoms with Crippen molar-refractivity contribution in [2.24, 2.45) is 0 Å². The van der Waals surface area contributed by atoms with Crippen LogP contribution in [-0.4, -0.2) is 57.3 Å². The van der Waals surface area contributed by atoms with E-state index in [-0.39, 0.29) is 6.42 Å². The zero-order valence-electron chi connectivity index (χ0n) is 8.50. The molecule has 0 fully saturated rings. The number of nitrogens with zero attached hydrogens (tertiary/aromatic N) is 1. The van der Waals surface area contributed by atoms with Crippen LogP contribution in [0.5, 0.6) is 0 Å². The summed E-state index contributed by atoms with van der Waals surface area (Å²) in [5.74, 6) is -3.84. The van der Waals surface area contributed by atoms with Crippen molar-refractivity contribution in [3.8, 4) is 0 Å². The van der Waals surface area contributed by atoms with Crippen molar-refractivity contribution in [1.82, 2.24) is 4.90 Å². The van der Waals surface area contributed by atoms with E-state index in [9.17, 15) is 14.4 Å². The molecule has 16 heavy (non-hydrogen) atoms. The third-order valence-electron chi connectivity index (χ3n) is 1.79. The van der Waals surface area contributed by atoms with Gasteiger partial charge in [0.2, 0.25) is 0 Å². The minimum atomic E-state index is -1.28. The van der Waals surface area contributed by atoms with Crippen molar-refractivity contribution in [3.63, 3.8) is 0 Å². The van der Waals surface area contributed by atoms with Crippen LogP contribution in [0.15, 0.2) is 12.7 Å². The van der Waals surface area contributed by atoms with Gasteiger partial charge in [0, 0.05) is 0 Å². The van der Waals surface area contributed by atoms with Crippen LogP contribution < -0.4 is 0 Å². The average Bonchev–Trinajstić information content (AvgIpc) is 2.10. The predicted octanol–water partition coefficient (Wildman–Crippen LogP) is -0.513. The molecule has 0 aliphatic carbocycles. The molecule has 7 nitrogen and oxygen atoms in total. The highest BCUT2D eigenvalue weighted by molar-refractivity contribution is 5.78. The lowest BCUT2D eigenvalue weighted by Crippen LogP contribution is -2.46. The Labute approximate surface area is 91.6 Å². The first-order chi connectivity index (χ1) is 7.38. The molecule has 0 spiro atoms. The molecule has 0 aromatic heterocycles. The summed E-state index contributed by atoms with van der Waals surface area (Å²) in [4.78, 5) is 32.6. The van der Waals surface area contributed by atoms with E-state index >= 15 is 0 Å². The molecule has 0 heterocycles. The van der Waals surface area contributed by atoms with Gasteiger partial charge in [0.25, 0.3) is 0 Å². The number of rotatable bonds is 8. The van der Waals surface area contributed by atoms with Crippen LogP contribution in [0.2, 0.25) is 0 Å². The molecule has 0 saturated carbocycles. The first kappa shape index (κ1) is 14.1. The van der Waals surface area contributed by atoms with Crippen molar-refractivity contribution in [1.29, 1.82) is 0 Å². The topological polar surface area (TPSA) is 115 Å². The van der Waals surface area contributed by atoms with Crippen LogP contribution in [0, 0.1) is 0 Å². The molecule has 0 radical (unpaired) electrons. The van der Waals surface area contributed by atoms with E-state index in [1.807, 2.05) is 0 Å². The number of carbonyl (C=O) groups is 3. The molecule has 90 valence electrons. The van der Waals surface area contributed by atoms with E-state index in [0.717, 1.165) is 4.90 Å². The van der Waals surface area contributed by atoms with Gasteiger partial charge in [-0.2, -0.15) is 0 Å². The minimum absolute atomic E-state index is 0.0180. The van der Waals surface area contributed by atoms with E-state index < -0.39 is 37.0 Å². The molecule has 0 aromatic rings. The number of carboxylic acid groups (broad SMARTS) is 3. The van der Waals surface area contributed by atoms with Gasteiger partial charge in [0.05, 0.1) is 13.1 Å². The molecule has 0 saturated heterocycles. The second kappa shape index (κ2) is 6.57. The summed E-state index contributed by atoms with van der Waals surface area (Å²) in [5, 5.41) is 25.9. The summed E-state index contributed by atoms with van der Waals surface area (Å²) in [6.07, 6.45) is 1.28. The maximum absolute atomic E-state index is 10.8. The fourth-order valence-corrected chi connectivity index (χ4v) is 1.19. The Morgan fingerprint density at radius 1 is 1.12 bits per heavy atom. The van der Waals surface area contributed by atoms with Crippen LogP contribution in [0.3, 0.4) is 0 Å². The lowest BCUT2D eigenvalue weighted by atomic mass is 10.1. The second-order valence-electron chi connectivity index (χ2n) is 3.07. The molecular weight excluding hydrogens is 218 g/mol. The van der Waals surface area contributed by atoms with E-state index in [1.54, 1.807) is 0 Å². The molecule has 0 rings (SSSR count). The summed E-state index contributed by atoms with van der Waals surface area (Å²) in [5.41, 5.74) is 0. The second-order valence-corrected chi connectivity index (χ2v) is 3.07. The van der Waals surface area contributed by atoms with Gasteiger partial charge in [-0.25, -0.2) is 0 Å². The van der Waals surface area contributed by atoms with Crippen molar-refractivity contribution in [2.45, 2.75) is 12.5 Å². The summed E-state index contributed by atoms with van der Waals surface area (Å²) in [7, 11) is 0. The Morgan fingerprint density at radius 3 is 1.81 bits per heavy atom. The number of carboxylic acids is 3. The quantitative estimate of drug-likeness (QED) is 0.481. The molecule has 0 aliphatic heterocycles. The van der Waals surface area contributed by atoms with Crippen LogP contribution in [0.25, 0.3) is 0 Å². The predicted molar refractivity (Wildman–Crippen MR) is 53.1 cm³/mol. The van der Waals surface area contributed by atoms with Gasteiger partial charge in [-0.1, -0.05) is 6.08 Å². The first-order valence-corrected chi connectivity index (χ1v) is 4.39. The average molecular weight is 231 g/mol. The lowest BCUT2D eigenvalue weighted by Gasteiger charge is -2.24. The Morgan fingerprint density at radius 2 is 1.56 bits per heavy atom. The molecule has 3 N–H and O–H groups in total. The first-order valence-electron chi connectivity index (χ1n) is 4.39. The van der Waals surface area contributed by atoms with Crippen LogP contribution in [0.1, 0.15) is 6.42 Å². The maximum atomic E-state index is 10.8. The highest BCUT2D eigenvalue weighted by atomic mass is 16.4. The van der Waals surface area contributed by atoms with Crippen molar-refractivity contribution < 1.29 is 29.7 Å². The molecule has 1 atom stereocenters. The smallest absolute Gasteiger partial charge is 0.321 e. The van der Waals surface area contributed by atoms with Crippen molar-refractivity contribution >= 4 is 17.9 Å². The Balaban J connectivity index is 4.78. The lowest BCUT2D eigenvalue weighted by molar-refractivity contribution is -0.149. The fourth-order valence-electron chi connectivity index (χ4n) is 1.19. The van der Waals surface area contributed by atoms with E-state index in [1.165, 1.54) is 6.08 Å². The van der Waals surface area contributed by atoms with E-state index in [4.69, 9.17) is 15.3 Å². The SMILES string of the molecule is C=CCC(C(=O)O)N(CC(=O)O)CC(=O)O. The number of aliphatic carboxylic acids is 3. The minimum Gasteiger partial charge on any atom is -0.480 e. The Bertz CT molecular complexity index is 284. The van der Waals surface area contributed by atoms with Gasteiger partial charge in [0.1, 0.15) is 6.04 Å². The van der Waals surface area contributed by atoms with Crippen molar-refractivity contribution in [3.05, 3.63) is 12.7 Å². The van der Waals surface area contributed by atoms with Gasteiger partial charge in [0.15, 0.2) is 0 Å². The standard InChI is InChI=1S/C9H13NO6/c1-2-3-6(9(15)16)10(4-7(11)12)5-8(13)14/h2,6H,1,3-5H2,(H,11,12)(H,13,14)(H,15,16). The monoisotopic (exact) mass is 231 g/mol. The van der Waals surface area contributed by atoms with Crippen LogP contribution >= 0.6 is 0 Å². The molecule has 0 bridgehead atoms. The molecule has 0 aromatic carbocycles. The summed E-state index contributed by atoms with van der Waals surface area (Å²) >= 11 is 0. The van der Waals surface area contributed by atoms with Gasteiger partial charge in [-0.3, -0.25) is 19.3 Å². The van der Waals surface area contributed by atoms with Gasteiger partial charge in [-0.15, -0.1) is 6.58 Å². The zero-order chi connectivity index (χ0) is 12.7. The largest absolute Gasteiger partial charge is 0.480 e. The van der Waals surface area contributed by atoms with Gasteiger partial charge < -0.3 is 15.3 Å². The molecule has 7 heteroatoms. The third-order valence-corrected chi connectivity index (χ3v) is 1.79. The van der Waals surface area contributed by atoms with E-state index in [2.05, 4.69) is 6.58 Å². The summed E-state index contributed by atoms with van der Waals surface area (Å²) < 4.78 is 0. The fraction of sp³-hybridized carbons (Fsp3) is 0.444. The summed E-state index contributed by atoms with van der Waals surface area (Å²) in [6, 6.07) is -1.19. The highest BCUT2D eigenvalue weighted by Gasteiger charge is 2.27. The molecular formula is C9H13NO6. The van der Waals surface area contributed by atoms with Gasteiger partial charge in [-0.05, 0) is 6.42 Å². The van der Waals surface area contributed by atoms with Crippen LogP contribution in [-0.2, 0) is 14.4 Å². The van der Waals surface area contributed by atoms with Crippen molar-refractivity contribution in [2.75, 3.05) is 13.1 Å². The Kier molecular flexibility index (Phi) is 5.79. The Hall–Kier alpha value is -1.89. The highest BCUT2D eigenvalue weighted by Crippen LogP contribution is 2.05. The normalized spacial score (nSPS) is 12.1. The number of hydrogen-bond acceptors (Lipinski definition) is 4. The zero-order valence-corrected chi connectivity index (χ0v) is 8.50. The summed E-state index contributed by atoms with van der Waals surface area (Å²) in [6.45, 7) is 2.06. The molecule has 1 unspecified atom stereocenters. The van der Waals surface area contributed by atoms with E-state index in [0.29, 0.717) is 0 Å². The molecule has 0 aliphatic rings. The maximum Gasteiger partial charge on any atom is 0.321 e. The number of hydrogen-bond donors (Lipinski definition) is 3. The molecule has 0 amide bonds. The third kappa shape index (κ3) is 5.11. The van der Waals surface area contributed by atoms with Gasteiger partial charge >= 0.3 is 17.9 Å². The van der Waals surface area contributed by atoms with Crippen LogP contribution in [0.4, 0.5) is 0 Å².